The zero-order valence-corrected chi connectivity index (χ0v) is 15.6. The van der Waals surface area contributed by atoms with Gasteiger partial charge in [0, 0.05) is 18.3 Å². The highest BCUT2D eigenvalue weighted by atomic mass is 19.1. The van der Waals surface area contributed by atoms with Gasteiger partial charge in [-0.05, 0) is 54.7 Å². The molecule has 142 valence electrons. The van der Waals surface area contributed by atoms with Crippen molar-refractivity contribution in [2.75, 3.05) is 10.6 Å². The third-order valence-electron chi connectivity index (χ3n) is 4.92. The predicted octanol–water partition coefficient (Wildman–Crippen LogP) is 4.27. The first kappa shape index (κ1) is 19.0. The van der Waals surface area contributed by atoms with E-state index in [4.69, 9.17) is 0 Å². The first-order valence-electron chi connectivity index (χ1n) is 9.22. The number of rotatable bonds is 6. The maximum atomic E-state index is 13.0. The van der Waals surface area contributed by atoms with Gasteiger partial charge in [-0.1, -0.05) is 26.3 Å². The molecule has 1 aliphatic rings. The fraction of sp³-hybridized carbons (Fsp3) is 0.381. The highest BCUT2D eigenvalue weighted by Gasteiger charge is 2.45. The number of nitrogens with zero attached hydrogens (tertiary/aromatic N) is 1. The minimum Gasteiger partial charge on any atom is -0.325 e. The van der Waals surface area contributed by atoms with Crippen LogP contribution in [0.2, 0.25) is 0 Å². The summed E-state index contributed by atoms with van der Waals surface area (Å²) in [6.45, 7) is 3.96. The monoisotopic (exact) mass is 369 g/mol. The summed E-state index contributed by atoms with van der Waals surface area (Å²) >= 11 is 0. The molecule has 1 fully saturated rings. The van der Waals surface area contributed by atoms with E-state index in [2.05, 4.69) is 15.6 Å². The van der Waals surface area contributed by atoms with E-state index < -0.39 is 5.41 Å². The van der Waals surface area contributed by atoms with Gasteiger partial charge < -0.3 is 10.6 Å². The molecule has 1 saturated carbocycles. The van der Waals surface area contributed by atoms with Crippen molar-refractivity contribution in [3.05, 3.63) is 54.0 Å². The molecule has 1 aromatic carbocycles. The molecule has 27 heavy (non-hydrogen) atoms. The summed E-state index contributed by atoms with van der Waals surface area (Å²) in [7, 11) is 0. The Morgan fingerprint density at radius 3 is 2.33 bits per heavy atom. The van der Waals surface area contributed by atoms with E-state index in [0.717, 1.165) is 24.8 Å². The number of carbonyl (C=O) groups excluding carboxylic acids is 2. The lowest BCUT2D eigenvalue weighted by atomic mass is 9.64. The molecule has 0 aliphatic heterocycles. The number of amides is 2. The number of carbonyl (C=O) groups is 2. The lowest BCUT2D eigenvalue weighted by Gasteiger charge is -2.40. The second-order valence-corrected chi connectivity index (χ2v) is 7.47. The first-order valence-corrected chi connectivity index (χ1v) is 9.22. The number of nitrogens with one attached hydrogen (secondary N) is 2. The van der Waals surface area contributed by atoms with Crippen molar-refractivity contribution in [2.24, 2.45) is 5.92 Å². The van der Waals surface area contributed by atoms with E-state index >= 15 is 0 Å². The molecule has 2 N–H and O–H groups in total. The number of benzene rings is 1. The van der Waals surface area contributed by atoms with Gasteiger partial charge in [-0.3, -0.25) is 9.59 Å². The van der Waals surface area contributed by atoms with Crippen LogP contribution in [0.25, 0.3) is 0 Å². The summed E-state index contributed by atoms with van der Waals surface area (Å²) in [4.78, 5) is 29.1. The number of aromatic nitrogens is 1. The maximum Gasteiger partial charge on any atom is 0.235 e. The van der Waals surface area contributed by atoms with Gasteiger partial charge in [-0.15, -0.1) is 0 Å². The Kier molecular flexibility index (Phi) is 5.54. The van der Waals surface area contributed by atoms with Crippen molar-refractivity contribution < 1.29 is 14.0 Å². The molecule has 2 aromatic rings. The second kappa shape index (κ2) is 7.86. The fourth-order valence-corrected chi connectivity index (χ4v) is 3.28. The number of hydrogen-bond donors (Lipinski definition) is 2. The van der Waals surface area contributed by atoms with Crippen molar-refractivity contribution >= 4 is 23.3 Å². The molecule has 0 atom stereocenters. The molecule has 5 nitrogen and oxygen atoms in total. The number of halogens is 1. The van der Waals surface area contributed by atoms with E-state index in [-0.39, 0.29) is 23.5 Å². The molecule has 1 aliphatic carbocycles. The van der Waals surface area contributed by atoms with Crippen LogP contribution in [0, 0.1) is 11.7 Å². The molecule has 0 spiro atoms. The summed E-state index contributed by atoms with van der Waals surface area (Å²) in [6, 6.07) is 9.31. The largest absolute Gasteiger partial charge is 0.325 e. The van der Waals surface area contributed by atoms with E-state index in [1.807, 2.05) is 19.9 Å². The van der Waals surface area contributed by atoms with Gasteiger partial charge in [0.25, 0.3) is 0 Å². The molecule has 3 rings (SSSR count). The smallest absolute Gasteiger partial charge is 0.235 e. The lowest BCUT2D eigenvalue weighted by molar-refractivity contribution is -0.124. The minimum atomic E-state index is -0.623. The third kappa shape index (κ3) is 4.32. The quantitative estimate of drug-likeness (QED) is 0.799. The van der Waals surface area contributed by atoms with Crippen LogP contribution in [0.4, 0.5) is 15.9 Å². The average Bonchev–Trinajstić information content (AvgIpc) is 2.57. The standard InChI is InChI=1S/C21H24FN3O2/c1-14(2)12-19(26)25-18-9-4-15(13-23-18)21(10-3-11-21)20(27)24-17-7-5-16(22)6-8-17/h4-9,13-14H,3,10-12H2,1-2H3,(H,24,27)(H,23,25,26). The van der Waals surface area contributed by atoms with Gasteiger partial charge in [-0.2, -0.15) is 0 Å². The van der Waals surface area contributed by atoms with Crippen molar-refractivity contribution in [3.63, 3.8) is 0 Å². The molecule has 1 aromatic heterocycles. The summed E-state index contributed by atoms with van der Waals surface area (Å²) in [5, 5.41) is 5.65. The van der Waals surface area contributed by atoms with Crippen molar-refractivity contribution in [1.82, 2.24) is 4.98 Å². The van der Waals surface area contributed by atoms with Gasteiger partial charge in [-0.25, -0.2) is 9.37 Å². The van der Waals surface area contributed by atoms with Crippen LogP contribution in [0.15, 0.2) is 42.6 Å². The Morgan fingerprint density at radius 1 is 1.11 bits per heavy atom. The van der Waals surface area contributed by atoms with Crippen molar-refractivity contribution in [2.45, 2.75) is 44.9 Å². The van der Waals surface area contributed by atoms with Gasteiger partial charge in [0.15, 0.2) is 0 Å². The highest BCUT2D eigenvalue weighted by Crippen LogP contribution is 2.44. The molecular weight excluding hydrogens is 345 g/mol. The summed E-state index contributed by atoms with van der Waals surface area (Å²) in [5.41, 5.74) is 0.774. The number of anilines is 2. The molecule has 0 bridgehead atoms. The SMILES string of the molecule is CC(C)CC(=O)Nc1ccc(C2(C(=O)Nc3ccc(F)cc3)CCC2)cn1. The molecule has 6 heteroatoms. The molecule has 2 amide bonds. The average molecular weight is 369 g/mol. The number of pyridine rings is 1. The summed E-state index contributed by atoms with van der Waals surface area (Å²) in [5.74, 6) is 0.234. The Bertz CT molecular complexity index is 812. The topological polar surface area (TPSA) is 71.1 Å². The first-order chi connectivity index (χ1) is 12.9. The lowest BCUT2D eigenvalue weighted by Crippen LogP contribution is -2.46. The minimum absolute atomic E-state index is 0.0716. The Balaban J connectivity index is 1.71. The predicted molar refractivity (Wildman–Crippen MR) is 103 cm³/mol. The molecule has 1 heterocycles. The van der Waals surface area contributed by atoms with E-state index in [1.165, 1.54) is 12.1 Å². The Morgan fingerprint density at radius 2 is 1.81 bits per heavy atom. The maximum absolute atomic E-state index is 13.0. The zero-order valence-electron chi connectivity index (χ0n) is 15.6. The van der Waals surface area contributed by atoms with E-state index in [1.54, 1.807) is 24.4 Å². The molecule has 0 saturated heterocycles. The second-order valence-electron chi connectivity index (χ2n) is 7.47. The molecule has 0 radical (unpaired) electrons. The van der Waals surface area contributed by atoms with Crippen LogP contribution < -0.4 is 10.6 Å². The zero-order chi connectivity index (χ0) is 19.4. The highest BCUT2D eigenvalue weighted by molar-refractivity contribution is 6.00. The fourth-order valence-electron chi connectivity index (χ4n) is 3.28. The summed E-state index contributed by atoms with van der Waals surface area (Å²) in [6.07, 6.45) is 4.53. The van der Waals surface area contributed by atoms with Crippen LogP contribution in [-0.4, -0.2) is 16.8 Å². The Labute approximate surface area is 158 Å². The van der Waals surface area contributed by atoms with Crippen LogP contribution in [0.5, 0.6) is 0 Å². The molecule has 0 unspecified atom stereocenters. The molecular formula is C21H24FN3O2. The van der Waals surface area contributed by atoms with Crippen molar-refractivity contribution in [1.29, 1.82) is 0 Å². The Hall–Kier alpha value is -2.76. The van der Waals surface area contributed by atoms with Gasteiger partial charge in [0.2, 0.25) is 11.8 Å². The normalized spacial score (nSPS) is 15.1. The van der Waals surface area contributed by atoms with Crippen LogP contribution >= 0.6 is 0 Å². The van der Waals surface area contributed by atoms with Gasteiger partial charge in [0.05, 0.1) is 5.41 Å². The summed E-state index contributed by atoms with van der Waals surface area (Å²) < 4.78 is 13.0. The van der Waals surface area contributed by atoms with E-state index in [9.17, 15) is 14.0 Å². The van der Waals surface area contributed by atoms with Crippen molar-refractivity contribution in [3.8, 4) is 0 Å². The van der Waals surface area contributed by atoms with E-state index in [0.29, 0.717) is 17.9 Å². The van der Waals surface area contributed by atoms with Gasteiger partial charge >= 0.3 is 0 Å². The third-order valence-corrected chi connectivity index (χ3v) is 4.92. The van der Waals surface area contributed by atoms with Crippen LogP contribution in [-0.2, 0) is 15.0 Å². The van der Waals surface area contributed by atoms with Crippen LogP contribution in [0.3, 0.4) is 0 Å². The number of hydrogen-bond acceptors (Lipinski definition) is 3. The van der Waals surface area contributed by atoms with Gasteiger partial charge in [0.1, 0.15) is 11.6 Å². The van der Waals surface area contributed by atoms with Crippen LogP contribution in [0.1, 0.15) is 45.1 Å².